The number of rotatable bonds is 1. The lowest BCUT2D eigenvalue weighted by Gasteiger charge is -2.63. The van der Waals surface area contributed by atoms with Crippen molar-refractivity contribution in [3.05, 3.63) is 0 Å². The fourth-order valence-electron chi connectivity index (χ4n) is 2.54. The summed E-state index contributed by atoms with van der Waals surface area (Å²) < 4.78 is 5.25. The predicted molar refractivity (Wildman–Crippen MR) is 53.9 cm³/mol. The third-order valence-electron chi connectivity index (χ3n) is 3.69. The Morgan fingerprint density at radius 3 is 2.62 bits per heavy atom. The van der Waals surface area contributed by atoms with Crippen LogP contribution in [0.25, 0.3) is 0 Å². The highest BCUT2D eigenvalue weighted by Gasteiger charge is 2.58. The molecule has 1 N–H and O–H groups in total. The molecule has 0 aromatic carbocycles. The van der Waals surface area contributed by atoms with Gasteiger partial charge in [-0.25, -0.2) is 0 Å². The quantitative estimate of drug-likeness (QED) is 0.649. The van der Waals surface area contributed by atoms with E-state index in [0.717, 1.165) is 19.4 Å². The third kappa shape index (κ3) is 1.15. The Balaban J connectivity index is 1.91. The molecule has 1 aliphatic heterocycles. The Kier molecular flexibility index (Phi) is 2.00. The van der Waals surface area contributed by atoms with Crippen LogP contribution in [0.1, 0.15) is 19.8 Å². The van der Waals surface area contributed by atoms with Crippen molar-refractivity contribution >= 4 is 17.4 Å². The molecule has 2 aliphatic rings. The maximum atomic E-state index is 9.14. The molecule has 0 aromatic heterocycles. The van der Waals surface area contributed by atoms with Gasteiger partial charge in [-0.15, -0.1) is 0 Å². The second-order valence-electron chi connectivity index (χ2n) is 4.21. The van der Waals surface area contributed by atoms with E-state index in [2.05, 4.69) is 6.92 Å². The summed E-state index contributed by atoms with van der Waals surface area (Å²) in [6.45, 7) is 3.03. The number of ether oxygens (including phenoxy) is 1. The molecule has 0 bridgehead atoms. The monoisotopic (exact) mass is 201 g/mol. The lowest BCUT2D eigenvalue weighted by atomic mass is 9.57. The molecule has 13 heavy (non-hydrogen) atoms. The Hall–Kier alpha value is -0.350. The number of methoxy groups -OCH3 is 1. The van der Waals surface area contributed by atoms with Gasteiger partial charge < -0.3 is 14.7 Å². The molecule has 0 amide bonds. The number of hydrogen-bond acceptors (Lipinski definition) is 2. The van der Waals surface area contributed by atoms with Crippen LogP contribution in [0.3, 0.4) is 0 Å². The molecule has 3 nitrogen and oxygen atoms in total. The molecule has 1 saturated heterocycles. The molecule has 1 atom stereocenters. The normalized spacial score (nSPS) is 42.8. The second-order valence-corrected chi connectivity index (χ2v) is 4.58. The van der Waals surface area contributed by atoms with Gasteiger partial charge in [0, 0.05) is 25.1 Å². The molecule has 1 aliphatic carbocycles. The first-order valence-corrected chi connectivity index (χ1v) is 5.02. The Bertz CT molecular complexity index is 238. The van der Waals surface area contributed by atoms with Gasteiger partial charge in [-0.1, -0.05) is 0 Å². The van der Waals surface area contributed by atoms with E-state index < -0.39 is 0 Å². The van der Waals surface area contributed by atoms with Crippen LogP contribution >= 0.6 is 12.2 Å². The summed E-state index contributed by atoms with van der Waals surface area (Å²) in [7, 11) is 1.76. The second kappa shape index (κ2) is 2.82. The van der Waals surface area contributed by atoms with Gasteiger partial charge in [-0.3, -0.25) is 0 Å². The first-order valence-electron chi connectivity index (χ1n) is 4.61. The summed E-state index contributed by atoms with van der Waals surface area (Å²) in [5.74, 6) is 0. The standard InChI is InChI=1S/C9H15NO2S/c1-6-9(3-7(4-9)12-2)5-10(6)8(11)13/h6-7H,3-5H2,1-2H3,(H,11,13)/t6-,7?,9?/m0/s1. The van der Waals surface area contributed by atoms with E-state index in [0.29, 0.717) is 17.6 Å². The van der Waals surface area contributed by atoms with E-state index in [4.69, 9.17) is 22.1 Å². The van der Waals surface area contributed by atoms with Crippen molar-refractivity contribution in [3.63, 3.8) is 0 Å². The van der Waals surface area contributed by atoms with Crippen molar-refractivity contribution in [2.75, 3.05) is 13.7 Å². The highest BCUT2D eigenvalue weighted by molar-refractivity contribution is 7.79. The van der Waals surface area contributed by atoms with Gasteiger partial charge in [0.25, 0.3) is 5.17 Å². The molecule has 0 radical (unpaired) electrons. The van der Waals surface area contributed by atoms with Crippen LogP contribution in [0.15, 0.2) is 0 Å². The zero-order valence-corrected chi connectivity index (χ0v) is 8.80. The summed E-state index contributed by atoms with van der Waals surface area (Å²) in [6, 6.07) is 0.386. The lowest BCUT2D eigenvalue weighted by molar-refractivity contribution is -0.156. The Morgan fingerprint density at radius 1 is 1.62 bits per heavy atom. The van der Waals surface area contributed by atoms with E-state index in [9.17, 15) is 0 Å². The lowest BCUT2D eigenvalue weighted by Crippen LogP contribution is -2.70. The van der Waals surface area contributed by atoms with Crippen LogP contribution in [0, 0.1) is 5.41 Å². The van der Waals surface area contributed by atoms with E-state index in [-0.39, 0.29) is 5.17 Å². The number of likely N-dealkylation sites (tertiary alicyclic amines) is 1. The van der Waals surface area contributed by atoms with E-state index in [1.165, 1.54) is 0 Å². The van der Waals surface area contributed by atoms with Gasteiger partial charge in [0.2, 0.25) is 0 Å². The molecule has 74 valence electrons. The zero-order chi connectivity index (χ0) is 9.64. The molecule has 2 rings (SSSR count). The van der Waals surface area contributed by atoms with Crippen LogP contribution in [-0.2, 0) is 4.74 Å². The van der Waals surface area contributed by atoms with Crippen LogP contribution in [0.2, 0.25) is 0 Å². The fraction of sp³-hybridized carbons (Fsp3) is 0.889. The van der Waals surface area contributed by atoms with Gasteiger partial charge in [0.1, 0.15) is 0 Å². The summed E-state index contributed by atoms with van der Waals surface area (Å²) in [6.07, 6.45) is 2.66. The molecule has 1 heterocycles. The van der Waals surface area contributed by atoms with E-state index in [1.807, 2.05) is 4.90 Å². The van der Waals surface area contributed by atoms with E-state index >= 15 is 0 Å². The van der Waals surface area contributed by atoms with Crippen LogP contribution < -0.4 is 0 Å². The third-order valence-corrected chi connectivity index (χ3v) is 3.92. The number of aliphatic hydroxyl groups excluding tert-OH is 1. The average molecular weight is 201 g/mol. The molecule has 0 aromatic rings. The van der Waals surface area contributed by atoms with Crippen molar-refractivity contribution in [1.29, 1.82) is 0 Å². The van der Waals surface area contributed by atoms with Crippen molar-refractivity contribution in [2.24, 2.45) is 5.41 Å². The topological polar surface area (TPSA) is 32.7 Å². The van der Waals surface area contributed by atoms with Crippen LogP contribution in [0.5, 0.6) is 0 Å². The highest BCUT2D eigenvalue weighted by Crippen LogP contribution is 2.53. The molecule has 0 unspecified atom stereocenters. The van der Waals surface area contributed by atoms with Gasteiger partial charge in [0.05, 0.1) is 6.10 Å². The first-order chi connectivity index (χ1) is 6.09. The molecular formula is C9H15NO2S. The maximum absolute atomic E-state index is 9.14. The summed E-state index contributed by atoms with van der Waals surface area (Å²) >= 11 is 4.73. The fourth-order valence-corrected chi connectivity index (χ4v) is 2.77. The Labute approximate surface area is 83.7 Å². The average Bonchev–Trinajstić information content (AvgIpc) is 1.99. The minimum Gasteiger partial charge on any atom is -0.486 e. The minimum atomic E-state index is 0.0407. The van der Waals surface area contributed by atoms with E-state index in [1.54, 1.807) is 7.11 Å². The summed E-state index contributed by atoms with van der Waals surface area (Å²) in [5, 5.41) is 9.18. The summed E-state index contributed by atoms with van der Waals surface area (Å²) in [4.78, 5) is 1.88. The Morgan fingerprint density at radius 2 is 2.23 bits per heavy atom. The zero-order valence-electron chi connectivity index (χ0n) is 7.99. The van der Waals surface area contributed by atoms with Gasteiger partial charge >= 0.3 is 0 Å². The van der Waals surface area contributed by atoms with Gasteiger partial charge in [-0.2, -0.15) is 0 Å². The van der Waals surface area contributed by atoms with Crippen molar-refractivity contribution in [3.8, 4) is 0 Å². The molecule has 4 heteroatoms. The molecule has 1 saturated carbocycles. The number of aliphatic hydroxyl groups is 1. The van der Waals surface area contributed by atoms with Crippen LogP contribution in [0.4, 0.5) is 0 Å². The molecular weight excluding hydrogens is 186 g/mol. The predicted octanol–water partition coefficient (Wildman–Crippen LogP) is 1.33. The largest absolute Gasteiger partial charge is 0.486 e. The highest BCUT2D eigenvalue weighted by atomic mass is 32.1. The smallest absolute Gasteiger partial charge is 0.257 e. The minimum absolute atomic E-state index is 0.0407. The van der Waals surface area contributed by atoms with Gasteiger partial charge in [-0.05, 0) is 32.0 Å². The van der Waals surface area contributed by atoms with Crippen LogP contribution in [-0.4, -0.2) is 41.0 Å². The summed E-state index contributed by atoms with van der Waals surface area (Å²) in [5.41, 5.74) is 0.382. The first kappa shape index (κ1) is 9.21. The number of nitrogens with zero attached hydrogens (tertiary/aromatic N) is 1. The van der Waals surface area contributed by atoms with Gasteiger partial charge in [0.15, 0.2) is 0 Å². The maximum Gasteiger partial charge on any atom is 0.257 e. The molecule has 1 spiro atoms. The number of hydrogen-bond donors (Lipinski definition) is 1. The molecule has 2 fully saturated rings. The van der Waals surface area contributed by atoms with Crippen molar-refractivity contribution in [1.82, 2.24) is 4.90 Å². The van der Waals surface area contributed by atoms with Crippen molar-refractivity contribution in [2.45, 2.75) is 31.9 Å². The SMILES string of the molecule is COC1CC2(C1)CN(C(O)=S)[C@H]2C. The van der Waals surface area contributed by atoms with Crippen molar-refractivity contribution < 1.29 is 9.84 Å². The number of thiocarbonyl (C=S) groups is 1.